The van der Waals surface area contributed by atoms with Crippen LogP contribution in [0.5, 0.6) is 0 Å². The summed E-state index contributed by atoms with van der Waals surface area (Å²) in [4.78, 5) is 4.91. The van der Waals surface area contributed by atoms with Crippen LogP contribution in [0.15, 0.2) is 60.7 Å². The Bertz CT molecular complexity index is 525. The maximum absolute atomic E-state index is 12.3. The van der Waals surface area contributed by atoms with E-state index in [9.17, 15) is 4.39 Å². The number of alkyl halides is 1. The largest absolute Gasteiger partial charge is 0.300 e. The number of halogens is 1. The predicted octanol–water partition coefficient (Wildman–Crippen LogP) is 3.73. The van der Waals surface area contributed by atoms with Gasteiger partial charge in [-0.25, -0.2) is 0 Å². The van der Waals surface area contributed by atoms with Crippen LogP contribution in [0.25, 0.3) is 0 Å². The standard InChI is InChI=1S/C20H25FN2/c21-12-7-13-22-16-20(17-22)23(14-18-8-3-1-4-9-18)15-19-10-5-2-6-11-19/h1-6,8-11,20H,7,12-17H2. The van der Waals surface area contributed by atoms with Gasteiger partial charge in [0.2, 0.25) is 0 Å². The fraction of sp³-hybridized carbons (Fsp3) is 0.400. The van der Waals surface area contributed by atoms with E-state index >= 15 is 0 Å². The Kier molecular flexibility index (Phi) is 5.78. The Labute approximate surface area is 138 Å². The molecule has 3 heteroatoms. The first-order chi connectivity index (χ1) is 11.3. The van der Waals surface area contributed by atoms with Crippen LogP contribution in [-0.2, 0) is 13.1 Å². The second kappa shape index (κ2) is 8.23. The van der Waals surface area contributed by atoms with E-state index in [2.05, 4.69) is 70.5 Å². The molecule has 23 heavy (non-hydrogen) atoms. The number of nitrogens with zero attached hydrogens (tertiary/aromatic N) is 2. The zero-order valence-electron chi connectivity index (χ0n) is 13.6. The Morgan fingerprint density at radius 1 is 0.870 bits per heavy atom. The summed E-state index contributed by atoms with van der Waals surface area (Å²) >= 11 is 0. The maximum Gasteiger partial charge on any atom is 0.0906 e. The van der Waals surface area contributed by atoms with Crippen molar-refractivity contribution in [3.05, 3.63) is 71.8 Å². The highest BCUT2D eigenvalue weighted by Gasteiger charge is 2.31. The first kappa shape index (κ1) is 16.2. The van der Waals surface area contributed by atoms with Crippen molar-refractivity contribution in [1.82, 2.24) is 9.80 Å². The Morgan fingerprint density at radius 2 is 1.39 bits per heavy atom. The van der Waals surface area contributed by atoms with E-state index in [1.807, 2.05) is 0 Å². The molecule has 2 nitrogen and oxygen atoms in total. The van der Waals surface area contributed by atoms with Gasteiger partial charge in [0, 0.05) is 38.8 Å². The van der Waals surface area contributed by atoms with Gasteiger partial charge in [-0.15, -0.1) is 0 Å². The summed E-state index contributed by atoms with van der Waals surface area (Å²) in [6, 6.07) is 21.9. The molecule has 1 aliphatic rings. The zero-order valence-corrected chi connectivity index (χ0v) is 13.6. The van der Waals surface area contributed by atoms with Gasteiger partial charge >= 0.3 is 0 Å². The molecule has 122 valence electrons. The van der Waals surface area contributed by atoms with Crippen molar-refractivity contribution in [3.8, 4) is 0 Å². The first-order valence-corrected chi connectivity index (χ1v) is 8.45. The van der Waals surface area contributed by atoms with E-state index in [0.29, 0.717) is 12.5 Å². The summed E-state index contributed by atoms with van der Waals surface area (Å²) in [5.41, 5.74) is 2.70. The molecular formula is C20H25FN2. The topological polar surface area (TPSA) is 6.48 Å². The number of rotatable bonds is 8. The summed E-state index contributed by atoms with van der Waals surface area (Å²) < 4.78 is 12.3. The smallest absolute Gasteiger partial charge is 0.0906 e. The molecular weight excluding hydrogens is 287 g/mol. The highest BCUT2D eigenvalue weighted by Crippen LogP contribution is 2.20. The lowest BCUT2D eigenvalue weighted by molar-refractivity contribution is 0.0225. The second-order valence-corrected chi connectivity index (χ2v) is 6.33. The lowest BCUT2D eigenvalue weighted by Crippen LogP contribution is -2.58. The first-order valence-electron chi connectivity index (χ1n) is 8.45. The number of hydrogen-bond acceptors (Lipinski definition) is 2. The molecule has 0 bridgehead atoms. The fourth-order valence-electron chi connectivity index (χ4n) is 3.19. The fourth-order valence-corrected chi connectivity index (χ4v) is 3.19. The van der Waals surface area contributed by atoms with Crippen molar-refractivity contribution < 1.29 is 4.39 Å². The van der Waals surface area contributed by atoms with Crippen LogP contribution >= 0.6 is 0 Å². The van der Waals surface area contributed by atoms with Crippen molar-refractivity contribution in [2.24, 2.45) is 0 Å². The molecule has 0 saturated carbocycles. The monoisotopic (exact) mass is 312 g/mol. The van der Waals surface area contributed by atoms with Crippen molar-refractivity contribution >= 4 is 0 Å². The normalized spacial score (nSPS) is 15.7. The third-order valence-electron chi connectivity index (χ3n) is 4.52. The molecule has 2 aromatic carbocycles. The van der Waals surface area contributed by atoms with E-state index < -0.39 is 0 Å². The maximum atomic E-state index is 12.3. The molecule has 1 fully saturated rings. The summed E-state index contributed by atoms with van der Waals surface area (Å²) in [5, 5.41) is 0. The highest BCUT2D eigenvalue weighted by atomic mass is 19.1. The van der Waals surface area contributed by atoms with Gasteiger partial charge in [0.15, 0.2) is 0 Å². The van der Waals surface area contributed by atoms with Gasteiger partial charge in [0.05, 0.1) is 6.67 Å². The highest BCUT2D eigenvalue weighted by molar-refractivity contribution is 5.17. The van der Waals surface area contributed by atoms with E-state index in [1.54, 1.807) is 0 Å². The molecule has 0 radical (unpaired) electrons. The average molecular weight is 312 g/mol. The van der Waals surface area contributed by atoms with E-state index in [-0.39, 0.29) is 6.67 Å². The van der Waals surface area contributed by atoms with Crippen LogP contribution in [0.3, 0.4) is 0 Å². The number of likely N-dealkylation sites (tertiary alicyclic amines) is 1. The van der Waals surface area contributed by atoms with Gasteiger partial charge in [-0.1, -0.05) is 60.7 Å². The number of hydrogen-bond donors (Lipinski definition) is 0. The van der Waals surface area contributed by atoms with Crippen LogP contribution in [0.4, 0.5) is 4.39 Å². The molecule has 0 aliphatic carbocycles. The summed E-state index contributed by atoms with van der Waals surface area (Å²) in [5.74, 6) is 0. The van der Waals surface area contributed by atoms with E-state index in [0.717, 1.165) is 32.7 Å². The Morgan fingerprint density at radius 3 is 1.87 bits per heavy atom. The summed E-state index contributed by atoms with van der Waals surface area (Å²) in [6.07, 6.45) is 0.657. The van der Waals surface area contributed by atoms with Crippen molar-refractivity contribution in [2.75, 3.05) is 26.3 Å². The minimum atomic E-state index is -0.209. The Hall–Kier alpha value is -1.71. The molecule has 3 rings (SSSR count). The van der Waals surface area contributed by atoms with Gasteiger partial charge in [-0.05, 0) is 17.5 Å². The van der Waals surface area contributed by atoms with Crippen molar-refractivity contribution in [2.45, 2.75) is 25.6 Å². The molecule has 0 N–H and O–H groups in total. The second-order valence-electron chi connectivity index (χ2n) is 6.33. The third-order valence-corrected chi connectivity index (χ3v) is 4.52. The molecule has 1 saturated heterocycles. The van der Waals surface area contributed by atoms with Crippen LogP contribution in [0.1, 0.15) is 17.5 Å². The average Bonchev–Trinajstić information content (AvgIpc) is 2.55. The molecule has 1 aliphatic heterocycles. The molecule has 0 unspecified atom stereocenters. The van der Waals surface area contributed by atoms with E-state index in [4.69, 9.17) is 0 Å². The molecule has 2 aromatic rings. The van der Waals surface area contributed by atoms with Gasteiger partial charge < -0.3 is 4.90 Å². The third kappa shape index (κ3) is 4.63. The summed E-state index contributed by atoms with van der Waals surface area (Å²) in [6.45, 7) is 4.73. The van der Waals surface area contributed by atoms with Crippen LogP contribution < -0.4 is 0 Å². The zero-order chi connectivity index (χ0) is 15.9. The van der Waals surface area contributed by atoms with Gasteiger partial charge in [-0.2, -0.15) is 0 Å². The quantitative estimate of drug-likeness (QED) is 0.733. The van der Waals surface area contributed by atoms with Gasteiger partial charge in [0.1, 0.15) is 0 Å². The van der Waals surface area contributed by atoms with Crippen LogP contribution in [-0.4, -0.2) is 42.2 Å². The van der Waals surface area contributed by atoms with Gasteiger partial charge in [0.25, 0.3) is 0 Å². The summed E-state index contributed by atoms with van der Waals surface area (Å²) in [7, 11) is 0. The molecule has 0 spiro atoms. The molecule has 0 atom stereocenters. The molecule has 0 aromatic heterocycles. The Balaban J connectivity index is 1.62. The van der Waals surface area contributed by atoms with Gasteiger partial charge in [-0.3, -0.25) is 9.29 Å². The minimum Gasteiger partial charge on any atom is -0.300 e. The van der Waals surface area contributed by atoms with Crippen LogP contribution in [0.2, 0.25) is 0 Å². The van der Waals surface area contributed by atoms with Crippen molar-refractivity contribution in [3.63, 3.8) is 0 Å². The van der Waals surface area contributed by atoms with E-state index in [1.165, 1.54) is 11.1 Å². The SMILES string of the molecule is FCCCN1CC(N(Cc2ccccc2)Cc2ccccc2)C1. The minimum absolute atomic E-state index is 0.209. The molecule has 0 amide bonds. The lowest BCUT2D eigenvalue weighted by Gasteiger charge is -2.45. The van der Waals surface area contributed by atoms with Crippen molar-refractivity contribution in [1.29, 1.82) is 0 Å². The number of benzene rings is 2. The lowest BCUT2D eigenvalue weighted by atomic mass is 10.0. The van der Waals surface area contributed by atoms with Crippen LogP contribution in [0, 0.1) is 0 Å². The predicted molar refractivity (Wildman–Crippen MR) is 93.0 cm³/mol. The molecule has 1 heterocycles.